The van der Waals surface area contributed by atoms with E-state index in [0.29, 0.717) is 169 Å². The Bertz CT molecular complexity index is 7380. The van der Waals surface area contributed by atoms with Gasteiger partial charge in [-0.25, -0.2) is 68.5 Å². The quantitative estimate of drug-likeness (QED) is 0.0477. The maximum Gasteiger partial charge on any atom is 0.334 e. The summed E-state index contributed by atoms with van der Waals surface area (Å²) in [6, 6.07) is 45.6. The maximum absolute atomic E-state index is 13.9. The van der Waals surface area contributed by atoms with E-state index in [1.54, 1.807) is 71.9 Å². The molecule has 0 aliphatic carbocycles. The smallest absolute Gasteiger partial charge is 0.334 e. The van der Waals surface area contributed by atoms with Gasteiger partial charge in [-0.2, -0.15) is 0 Å². The average molecular weight is 1860 g/mol. The zero-order chi connectivity index (χ0) is 96.5. The van der Waals surface area contributed by atoms with Gasteiger partial charge in [0.2, 0.25) is 0 Å². The summed E-state index contributed by atoms with van der Waals surface area (Å²) in [4.78, 5) is 162. The predicted molar refractivity (Wildman–Crippen MR) is 499 cm³/mol. The monoisotopic (exact) mass is 1860 g/mol. The van der Waals surface area contributed by atoms with Gasteiger partial charge >= 0.3 is 34.1 Å². The van der Waals surface area contributed by atoms with Crippen LogP contribution in [0.25, 0.3) is 5.69 Å². The van der Waals surface area contributed by atoms with E-state index in [0.717, 1.165) is 49.9 Å². The summed E-state index contributed by atoms with van der Waals surface area (Å²) in [5, 5.41) is 18.7. The number of aromatic amines is 6. The zero-order valence-electron chi connectivity index (χ0n) is 74.6. The summed E-state index contributed by atoms with van der Waals surface area (Å²) < 4.78 is 114. The third-order valence-corrected chi connectivity index (χ3v) is 24.3. The van der Waals surface area contributed by atoms with Crippen LogP contribution in [-0.2, 0) is 64.7 Å². The number of fused-ring (bicyclic) bond motifs is 6. The van der Waals surface area contributed by atoms with Crippen LogP contribution in [0, 0.1) is 41.8 Å². The van der Waals surface area contributed by atoms with E-state index in [1.165, 1.54) is 73.9 Å². The lowest BCUT2D eigenvalue weighted by Gasteiger charge is -2.27. The zero-order valence-corrected chi connectivity index (χ0v) is 74.6. The fourth-order valence-corrected chi connectivity index (χ4v) is 17.6. The minimum absolute atomic E-state index is 0.0257. The molecular formula is C97H100F8N18O12. The number of benzene rings is 7. The molecule has 0 fully saturated rings. The Morgan fingerprint density at radius 2 is 0.644 bits per heavy atom. The third-order valence-electron chi connectivity index (χ3n) is 24.3. The van der Waals surface area contributed by atoms with Gasteiger partial charge in [0.1, 0.15) is 58.2 Å². The number of halogens is 8. The van der Waals surface area contributed by atoms with Crippen LogP contribution < -0.4 is 99.4 Å². The van der Waals surface area contributed by atoms with Gasteiger partial charge in [-0.3, -0.25) is 81.5 Å². The Balaban J connectivity index is 0.000000130. The summed E-state index contributed by atoms with van der Waals surface area (Å²) in [7, 11) is 0. The summed E-state index contributed by atoms with van der Waals surface area (Å²) in [5.41, 5.74) is 3.30. The van der Waals surface area contributed by atoms with Gasteiger partial charge in [0.05, 0.1) is 81.9 Å². The molecule has 706 valence electrons. The highest BCUT2D eigenvalue weighted by molar-refractivity contribution is 5.54. The molecule has 0 amide bonds. The Morgan fingerprint density at radius 1 is 0.333 bits per heavy atom. The summed E-state index contributed by atoms with van der Waals surface area (Å²) >= 11 is 0. The first-order valence-electron chi connectivity index (χ1n) is 44.3. The molecule has 135 heavy (non-hydrogen) atoms. The van der Waals surface area contributed by atoms with E-state index >= 15 is 0 Å². The number of H-pyrrole nitrogens is 6. The molecule has 6 aliphatic heterocycles. The van der Waals surface area contributed by atoms with Crippen LogP contribution in [-0.4, -0.2) is 63.2 Å². The van der Waals surface area contributed by atoms with Gasteiger partial charge in [0.15, 0.2) is 11.6 Å². The minimum Gasteiger partial charge on any atom is -0.364 e. The highest BCUT2D eigenvalue weighted by Gasteiger charge is 2.34. The molecule has 0 saturated carbocycles. The van der Waals surface area contributed by atoms with Crippen molar-refractivity contribution in [2.24, 2.45) is 0 Å². The first-order valence-corrected chi connectivity index (χ1v) is 44.3. The van der Waals surface area contributed by atoms with Crippen LogP contribution in [0.15, 0.2) is 227 Å². The van der Waals surface area contributed by atoms with Crippen molar-refractivity contribution in [3.05, 3.63) is 402 Å². The molecule has 12 N–H and O–H groups in total. The SMILES string of the molecule is CC(C)n1c(=O)[nH]c2c(c1=O)CC[C@H](c1cccc(F)c1)N2.CC(F)(F)Cn1c(=O)[nH]c2c(c1=O)CC[C@H](c1ccccc1)N2.CCn1c(=O)[nH]c2c(c1=O)CC[C@H](c1cccc(F)c1)N2.CCn1c(=O)[nH]c2c(c1=O)CC[C@H](c1cccc(F)c1F)N2.CCn1c(=O)[nH]c2c(c1=O)CC[C@H](c1ccccc1)N2.Cc1cc(F)cc(-n2c(=O)[nH]c3c(c2=O)CC[C@H](c2cccc(F)c2)N3)c1. The van der Waals surface area contributed by atoms with E-state index in [2.05, 4.69) is 61.8 Å². The fraction of sp³-hybridized carbons (Fsp3) is 0.320. The van der Waals surface area contributed by atoms with E-state index < -0.39 is 75.5 Å². The highest BCUT2D eigenvalue weighted by atomic mass is 19.3. The molecule has 30 nitrogen and oxygen atoms in total. The van der Waals surface area contributed by atoms with Crippen molar-refractivity contribution >= 4 is 34.9 Å². The van der Waals surface area contributed by atoms with E-state index in [-0.39, 0.29) is 99.4 Å². The van der Waals surface area contributed by atoms with Crippen LogP contribution >= 0.6 is 0 Å². The number of nitrogens with one attached hydrogen (secondary N) is 12. The van der Waals surface area contributed by atoms with Crippen LogP contribution in [0.2, 0.25) is 0 Å². The molecule has 6 aromatic heterocycles. The molecule has 6 aliphatic rings. The molecule has 0 unspecified atom stereocenters. The second-order valence-corrected chi connectivity index (χ2v) is 33.8. The average Bonchev–Trinajstić information content (AvgIpc) is 0.714. The summed E-state index contributed by atoms with van der Waals surface area (Å²) in [6.45, 7) is 11.3. The van der Waals surface area contributed by atoms with Crippen molar-refractivity contribution in [3.8, 4) is 5.69 Å². The van der Waals surface area contributed by atoms with Crippen molar-refractivity contribution < 1.29 is 35.1 Å². The molecular weight excluding hydrogens is 1760 g/mol. The van der Waals surface area contributed by atoms with Crippen LogP contribution in [0.4, 0.5) is 70.0 Å². The Hall–Kier alpha value is -15.1. The van der Waals surface area contributed by atoms with Crippen LogP contribution in [0.1, 0.15) is 195 Å². The number of rotatable bonds is 13. The van der Waals surface area contributed by atoms with Crippen LogP contribution in [0.5, 0.6) is 0 Å². The van der Waals surface area contributed by atoms with Crippen molar-refractivity contribution in [3.63, 3.8) is 0 Å². The van der Waals surface area contributed by atoms with Gasteiger partial charge in [0, 0.05) is 38.2 Å². The second kappa shape index (κ2) is 41.3. The number of aromatic nitrogens is 12. The lowest BCUT2D eigenvalue weighted by molar-refractivity contribution is 0.00163. The molecule has 19 rings (SSSR count). The molecule has 0 spiro atoms. The molecule has 12 heterocycles. The Kier molecular flexibility index (Phi) is 29.4. The molecule has 0 radical (unpaired) electrons. The van der Waals surface area contributed by atoms with Gasteiger partial charge in [0.25, 0.3) is 39.3 Å². The van der Waals surface area contributed by atoms with E-state index in [1.807, 2.05) is 72.8 Å². The summed E-state index contributed by atoms with van der Waals surface area (Å²) in [5.74, 6) is -3.97. The lowest BCUT2D eigenvalue weighted by atomic mass is 9.95. The lowest BCUT2D eigenvalue weighted by Crippen LogP contribution is -2.43. The van der Waals surface area contributed by atoms with Gasteiger partial charge in [-0.15, -0.1) is 0 Å². The Labute approximate surface area is 763 Å². The standard InChI is InChI=1S/C20H17F2N3O2.C16H17F2N3O2.C16H18FN3O2.C15H15F2N3O2.C15H16FN3O2.C15H17N3O2/c1-11-7-14(22)10-15(8-11)25-19(26)16-5-6-17(23-18(16)24-20(25)27)12-3-2-4-13(21)9-12;1-16(17,18)9-21-14(22)11-7-8-12(10-5-3-2-4-6-10)19-13(11)20-15(21)23;1-9(2)20-15(21)12-6-7-13(18-14(12)19-16(20)22)10-4-3-5-11(17)8-10;1-2-20-14(21)9-6-7-11(18-13(9)19-15(20)22)8-4-3-5-10(16)12(8)17;1-2-19-14(20)11-6-7-12(17-13(11)18-15(19)21)9-4-3-5-10(16)8-9;1-2-18-14(19)11-8-9-12(10-6-4-3-5-7-10)16-13(11)17-15(18)20/h2-4,7-10,17,23H,5-6H2,1H3,(H,24,27);2-6,12,19H,7-9H2,1H3,(H,20,23);3-5,8-9,13,18H,6-7H2,1-2H3,(H,19,22);3-5,11,18H,2,6-7H2,1H3,(H,19,22);3-5,8,12,17H,2,6-7H2,1H3,(H,18,21);3-7,12,16H,2,8-9H2,1H3,(H,17,20)/t17-;12-;13-;11-;2*12-/m111111/s1. The molecule has 6 atom stereocenters. The molecule has 7 aromatic carbocycles. The van der Waals surface area contributed by atoms with Crippen molar-refractivity contribution in [2.75, 3.05) is 31.9 Å². The predicted octanol–water partition coefficient (Wildman–Crippen LogP) is 13.2. The number of hydrogen-bond donors (Lipinski definition) is 12. The summed E-state index contributed by atoms with van der Waals surface area (Å²) in [6.07, 6.45) is 6.87. The minimum atomic E-state index is -3.13. The Morgan fingerprint density at radius 3 is 1.00 bits per heavy atom. The molecule has 0 bridgehead atoms. The number of hydrogen-bond acceptors (Lipinski definition) is 18. The van der Waals surface area contributed by atoms with E-state index in [9.17, 15) is 92.7 Å². The number of nitrogens with zero attached hydrogens (tertiary/aromatic N) is 6. The van der Waals surface area contributed by atoms with Crippen molar-refractivity contribution in [2.45, 2.75) is 200 Å². The van der Waals surface area contributed by atoms with Gasteiger partial charge in [-0.05, 0) is 213 Å². The van der Waals surface area contributed by atoms with Crippen molar-refractivity contribution in [1.82, 2.24) is 57.3 Å². The number of aryl methyl sites for hydroxylation is 1. The molecule has 13 aromatic rings. The van der Waals surface area contributed by atoms with Gasteiger partial charge in [-0.1, -0.05) is 109 Å². The molecule has 0 saturated heterocycles. The van der Waals surface area contributed by atoms with E-state index in [4.69, 9.17) is 0 Å². The highest BCUT2D eigenvalue weighted by Crippen LogP contribution is 2.37. The largest absolute Gasteiger partial charge is 0.364 e. The third kappa shape index (κ3) is 21.6. The van der Waals surface area contributed by atoms with Crippen LogP contribution in [0.3, 0.4) is 0 Å². The van der Waals surface area contributed by atoms with Crippen molar-refractivity contribution in [1.29, 1.82) is 0 Å². The topological polar surface area (TPSA) is 401 Å². The van der Waals surface area contributed by atoms with Gasteiger partial charge < -0.3 is 31.9 Å². The molecule has 38 heteroatoms. The first kappa shape index (κ1) is 95.9. The second-order valence-electron chi connectivity index (χ2n) is 33.8. The fourth-order valence-electron chi connectivity index (χ4n) is 17.6. The number of anilines is 6. The first-order chi connectivity index (χ1) is 64.6. The maximum atomic E-state index is 13.9. The number of alkyl halides is 2. The normalized spacial score (nSPS) is 16.9.